The van der Waals surface area contributed by atoms with Gasteiger partial charge in [0.25, 0.3) is 5.56 Å². The number of piperidine rings is 1. The molecule has 0 radical (unpaired) electrons. The van der Waals surface area contributed by atoms with Crippen LogP contribution in [0.5, 0.6) is 0 Å². The molecular weight excluding hydrogens is 406 g/mol. The summed E-state index contributed by atoms with van der Waals surface area (Å²) in [5.41, 5.74) is 3.52. The number of fused-ring (bicyclic) bond motifs is 1. The van der Waals surface area contributed by atoms with Gasteiger partial charge in [0.05, 0.1) is 22.3 Å². The first kappa shape index (κ1) is 21.6. The second-order valence-corrected chi connectivity index (χ2v) is 9.75. The van der Waals surface area contributed by atoms with E-state index in [9.17, 15) is 9.59 Å². The Bertz CT molecular complexity index is 1180. The van der Waals surface area contributed by atoms with Crippen LogP contribution >= 0.6 is 11.8 Å². The van der Waals surface area contributed by atoms with Crippen molar-refractivity contribution >= 4 is 28.6 Å². The molecule has 1 aliphatic heterocycles. The highest BCUT2D eigenvalue weighted by atomic mass is 32.2. The standard InChI is InChI=1S/C25H29N3O2S/c1-16-12-17(2)14-27(13-16)23(29)15-31-25-26-21-10-6-5-9-20(21)24(30)28(25)22-11-7-8-18(3)19(22)4/h5-11,16-17H,12-15H2,1-4H3/t16-,17-/m0/s1. The van der Waals surface area contributed by atoms with Crippen molar-refractivity contribution in [1.29, 1.82) is 0 Å². The quantitative estimate of drug-likeness (QED) is 0.444. The zero-order chi connectivity index (χ0) is 22.1. The van der Waals surface area contributed by atoms with E-state index in [0.29, 0.717) is 27.9 Å². The van der Waals surface area contributed by atoms with Gasteiger partial charge in [-0.1, -0.05) is 49.9 Å². The molecule has 5 nitrogen and oxygen atoms in total. The van der Waals surface area contributed by atoms with E-state index in [1.165, 1.54) is 11.8 Å². The summed E-state index contributed by atoms with van der Waals surface area (Å²) in [4.78, 5) is 33.2. The molecule has 1 amide bonds. The minimum absolute atomic E-state index is 0.102. The van der Waals surface area contributed by atoms with Gasteiger partial charge in [0, 0.05) is 13.1 Å². The van der Waals surface area contributed by atoms with Crippen LogP contribution in [0.3, 0.4) is 0 Å². The Morgan fingerprint density at radius 3 is 2.52 bits per heavy atom. The maximum atomic E-state index is 13.5. The van der Waals surface area contributed by atoms with Gasteiger partial charge in [0.2, 0.25) is 5.91 Å². The van der Waals surface area contributed by atoms with Crippen LogP contribution in [0, 0.1) is 25.7 Å². The number of hydrogen-bond donors (Lipinski definition) is 0. The molecule has 0 unspecified atom stereocenters. The van der Waals surface area contributed by atoms with E-state index in [2.05, 4.69) is 13.8 Å². The predicted octanol–water partition coefficient (Wildman–Crippen LogP) is 4.60. The fraction of sp³-hybridized carbons (Fsp3) is 0.400. The van der Waals surface area contributed by atoms with Crippen LogP contribution in [0.2, 0.25) is 0 Å². The zero-order valence-corrected chi connectivity index (χ0v) is 19.4. The molecule has 0 N–H and O–H groups in total. The molecule has 1 saturated heterocycles. The van der Waals surface area contributed by atoms with E-state index in [0.717, 1.165) is 36.3 Å². The van der Waals surface area contributed by atoms with Gasteiger partial charge in [0.15, 0.2) is 5.16 Å². The van der Waals surface area contributed by atoms with E-state index >= 15 is 0 Å². The SMILES string of the molecule is Cc1cccc(-n2c(SCC(=O)N3C[C@@H](C)C[C@H](C)C3)nc3ccccc3c2=O)c1C. The summed E-state index contributed by atoms with van der Waals surface area (Å²) < 4.78 is 1.67. The lowest BCUT2D eigenvalue weighted by Crippen LogP contribution is -2.43. The van der Waals surface area contributed by atoms with Gasteiger partial charge in [0.1, 0.15) is 0 Å². The normalized spacial score (nSPS) is 19.0. The lowest BCUT2D eigenvalue weighted by molar-refractivity contribution is -0.130. The van der Waals surface area contributed by atoms with Crippen LogP contribution in [-0.2, 0) is 4.79 Å². The third-order valence-corrected chi connectivity index (χ3v) is 7.03. The average molecular weight is 436 g/mol. The average Bonchev–Trinajstić information content (AvgIpc) is 2.74. The Hall–Kier alpha value is -2.60. The van der Waals surface area contributed by atoms with Gasteiger partial charge in [-0.2, -0.15) is 0 Å². The van der Waals surface area contributed by atoms with Crippen molar-refractivity contribution in [2.45, 2.75) is 39.3 Å². The summed E-state index contributed by atoms with van der Waals surface area (Å²) in [6, 6.07) is 13.3. The largest absolute Gasteiger partial charge is 0.341 e. The maximum absolute atomic E-state index is 13.5. The Balaban J connectivity index is 1.72. The van der Waals surface area contributed by atoms with E-state index in [1.54, 1.807) is 4.57 Å². The molecule has 0 saturated carbocycles. The number of likely N-dealkylation sites (tertiary alicyclic amines) is 1. The number of nitrogens with zero attached hydrogens (tertiary/aromatic N) is 3. The van der Waals surface area contributed by atoms with Gasteiger partial charge < -0.3 is 4.90 Å². The smallest absolute Gasteiger partial charge is 0.266 e. The molecule has 1 aliphatic rings. The second-order valence-electron chi connectivity index (χ2n) is 8.80. The summed E-state index contributed by atoms with van der Waals surface area (Å²) in [7, 11) is 0. The molecule has 2 atom stereocenters. The Labute approximate surface area is 187 Å². The van der Waals surface area contributed by atoms with Crippen LogP contribution in [-0.4, -0.2) is 39.2 Å². The maximum Gasteiger partial charge on any atom is 0.266 e. The highest BCUT2D eigenvalue weighted by molar-refractivity contribution is 7.99. The Morgan fingerprint density at radius 1 is 1.06 bits per heavy atom. The first-order valence-corrected chi connectivity index (χ1v) is 11.8. The molecule has 0 spiro atoms. The molecule has 2 aromatic carbocycles. The topological polar surface area (TPSA) is 55.2 Å². The molecular formula is C25H29N3O2S. The van der Waals surface area contributed by atoms with Crippen LogP contribution in [0.15, 0.2) is 52.4 Å². The summed E-state index contributed by atoms with van der Waals surface area (Å²) in [6.45, 7) is 10.1. The van der Waals surface area contributed by atoms with E-state index < -0.39 is 0 Å². The molecule has 31 heavy (non-hydrogen) atoms. The number of thioether (sulfide) groups is 1. The number of para-hydroxylation sites is 1. The zero-order valence-electron chi connectivity index (χ0n) is 18.6. The van der Waals surface area contributed by atoms with Crippen molar-refractivity contribution in [3.8, 4) is 5.69 Å². The van der Waals surface area contributed by atoms with Gasteiger partial charge >= 0.3 is 0 Å². The van der Waals surface area contributed by atoms with Crippen LogP contribution in [0.25, 0.3) is 16.6 Å². The summed E-state index contributed by atoms with van der Waals surface area (Å²) in [5.74, 6) is 1.42. The number of aryl methyl sites for hydroxylation is 1. The molecule has 1 aromatic heterocycles. The third-order valence-electron chi connectivity index (χ3n) is 6.11. The number of carbonyl (C=O) groups excluding carboxylic acids is 1. The lowest BCUT2D eigenvalue weighted by atomic mass is 9.92. The number of aromatic nitrogens is 2. The lowest BCUT2D eigenvalue weighted by Gasteiger charge is -2.35. The highest BCUT2D eigenvalue weighted by Crippen LogP contribution is 2.26. The third kappa shape index (κ3) is 4.40. The second kappa shape index (κ2) is 8.87. The first-order chi connectivity index (χ1) is 14.8. The minimum atomic E-state index is -0.102. The predicted molar refractivity (Wildman–Crippen MR) is 127 cm³/mol. The van der Waals surface area contributed by atoms with E-state index in [-0.39, 0.29) is 17.2 Å². The Morgan fingerprint density at radius 2 is 1.77 bits per heavy atom. The van der Waals surface area contributed by atoms with Crippen molar-refractivity contribution < 1.29 is 4.79 Å². The van der Waals surface area contributed by atoms with Crippen molar-refractivity contribution in [1.82, 2.24) is 14.5 Å². The first-order valence-electron chi connectivity index (χ1n) is 10.8. The van der Waals surface area contributed by atoms with Gasteiger partial charge in [-0.15, -0.1) is 0 Å². The van der Waals surface area contributed by atoms with Gasteiger partial charge in [-0.25, -0.2) is 4.98 Å². The van der Waals surface area contributed by atoms with Crippen molar-refractivity contribution in [2.24, 2.45) is 11.8 Å². The number of benzene rings is 2. The minimum Gasteiger partial charge on any atom is -0.341 e. The number of carbonyl (C=O) groups is 1. The highest BCUT2D eigenvalue weighted by Gasteiger charge is 2.26. The molecule has 6 heteroatoms. The summed E-state index contributed by atoms with van der Waals surface area (Å²) >= 11 is 1.35. The van der Waals surface area contributed by atoms with Crippen molar-refractivity contribution in [3.63, 3.8) is 0 Å². The van der Waals surface area contributed by atoms with Crippen LogP contribution in [0.4, 0.5) is 0 Å². The molecule has 0 aliphatic carbocycles. The number of amides is 1. The molecule has 3 aromatic rings. The molecule has 0 bridgehead atoms. The van der Waals surface area contributed by atoms with Gasteiger partial charge in [-0.05, 0) is 61.4 Å². The van der Waals surface area contributed by atoms with Crippen LogP contribution < -0.4 is 5.56 Å². The molecule has 4 rings (SSSR count). The summed E-state index contributed by atoms with van der Waals surface area (Å²) in [6.07, 6.45) is 1.16. The molecule has 162 valence electrons. The van der Waals surface area contributed by atoms with E-state index in [1.807, 2.05) is 61.2 Å². The fourth-order valence-corrected chi connectivity index (χ4v) is 5.39. The number of hydrogen-bond acceptors (Lipinski definition) is 4. The van der Waals surface area contributed by atoms with E-state index in [4.69, 9.17) is 4.98 Å². The molecule has 1 fully saturated rings. The van der Waals surface area contributed by atoms with Gasteiger partial charge in [-0.3, -0.25) is 14.2 Å². The molecule has 2 heterocycles. The van der Waals surface area contributed by atoms with Crippen molar-refractivity contribution in [3.05, 3.63) is 63.9 Å². The van der Waals surface area contributed by atoms with Crippen molar-refractivity contribution in [2.75, 3.05) is 18.8 Å². The fourth-order valence-electron chi connectivity index (χ4n) is 4.48. The van der Waals surface area contributed by atoms with Crippen LogP contribution in [0.1, 0.15) is 31.4 Å². The monoisotopic (exact) mass is 435 g/mol. The number of rotatable bonds is 4. The summed E-state index contributed by atoms with van der Waals surface area (Å²) in [5, 5.41) is 1.14. The Kier molecular flexibility index (Phi) is 6.19.